The third-order valence-corrected chi connectivity index (χ3v) is 4.70. The molecule has 0 aliphatic carbocycles. The third-order valence-electron chi connectivity index (χ3n) is 3.43. The maximum atomic E-state index is 10.9. The topological polar surface area (TPSA) is 49.3 Å². The van der Waals surface area contributed by atoms with Crippen molar-refractivity contribution >= 4 is 17.7 Å². The smallest absolute Gasteiger partial charge is 0.321 e. The van der Waals surface area contributed by atoms with Gasteiger partial charge in [0.1, 0.15) is 6.04 Å². The Bertz CT molecular complexity index is 419. The van der Waals surface area contributed by atoms with Gasteiger partial charge in [-0.3, -0.25) is 10.1 Å². The highest BCUT2D eigenvalue weighted by Crippen LogP contribution is 2.32. The molecule has 1 fully saturated rings. The van der Waals surface area contributed by atoms with Gasteiger partial charge in [0.05, 0.1) is 5.37 Å². The lowest BCUT2D eigenvalue weighted by molar-refractivity contribution is -0.138. The van der Waals surface area contributed by atoms with Crippen molar-refractivity contribution in [3.05, 3.63) is 35.4 Å². The minimum atomic E-state index is -0.758. The minimum absolute atomic E-state index is 0.116. The SMILES string of the molecule is CCCCCc1ccc(C2N[C@H](C(=O)O)CS2)cc1. The van der Waals surface area contributed by atoms with Gasteiger partial charge in [-0.2, -0.15) is 0 Å². The van der Waals surface area contributed by atoms with Gasteiger partial charge in [0.2, 0.25) is 0 Å². The Labute approximate surface area is 118 Å². The highest BCUT2D eigenvalue weighted by molar-refractivity contribution is 7.99. The Morgan fingerprint density at radius 1 is 1.37 bits per heavy atom. The van der Waals surface area contributed by atoms with E-state index in [0.717, 1.165) is 6.42 Å². The summed E-state index contributed by atoms with van der Waals surface area (Å²) < 4.78 is 0. The van der Waals surface area contributed by atoms with E-state index in [-0.39, 0.29) is 5.37 Å². The zero-order chi connectivity index (χ0) is 13.7. The number of carbonyl (C=O) groups is 1. The predicted octanol–water partition coefficient (Wildman–Crippen LogP) is 3.21. The van der Waals surface area contributed by atoms with Crippen LogP contribution in [0.1, 0.15) is 42.7 Å². The average molecular weight is 279 g/mol. The fraction of sp³-hybridized carbons (Fsp3) is 0.533. The number of unbranched alkanes of at least 4 members (excludes halogenated alkanes) is 2. The third kappa shape index (κ3) is 3.98. The van der Waals surface area contributed by atoms with Crippen molar-refractivity contribution in [1.29, 1.82) is 0 Å². The zero-order valence-electron chi connectivity index (χ0n) is 11.3. The van der Waals surface area contributed by atoms with E-state index >= 15 is 0 Å². The van der Waals surface area contributed by atoms with E-state index in [4.69, 9.17) is 5.11 Å². The van der Waals surface area contributed by atoms with Gasteiger partial charge >= 0.3 is 5.97 Å². The van der Waals surface area contributed by atoms with Crippen molar-refractivity contribution in [3.8, 4) is 0 Å². The van der Waals surface area contributed by atoms with E-state index in [1.54, 1.807) is 11.8 Å². The summed E-state index contributed by atoms with van der Waals surface area (Å²) in [7, 11) is 0. The molecule has 2 N–H and O–H groups in total. The molecule has 0 saturated carbocycles. The van der Waals surface area contributed by atoms with Gasteiger partial charge in [-0.15, -0.1) is 11.8 Å². The largest absolute Gasteiger partial charge is 0.480 e. The fourth-order valence-electron chi connectivity index (χ4n) is 2.24. The second-order valence-corrected chi connectivity index (χ2v) is 6.11. The van der Waals surface area contributed by atoms with E-state index < -0.39 is 12.0 Å². The molecule has 1 heterocycles. The molecule has 1 aromatic rings. The van der Waals surface area contributed by atoms with Gasteiger partial charge in [0, 0.05) is 5.75 Å². The van der Waals surface area contributed by atoms with Gasteiger partial charge < -0.3 is 5.11 Å². The first kappa shape index (κ1) is 14.4. The van der Waals surface area contributed by atoms with Crippen LogP contribution in [0.4, 0.5) is 0 Å². The summed E-state index contributed by atoms with van der Waals surface area (Å²) in [6.45, 7) is 2.21. The minimum Gasteiger partial charge on any atom is -0.480 e. The van der Waals surface area contributed by atoms with Crippen LogP contribution in [0.25, 0.3) is 0 Å². The van der Waals surface area contributed by atoms with Crippen LogP contribution < -0.4 is 5.32 Å². The molecule has 3 nitrogen and oxygen atoms in total. The number of benzene rings is 1. The van der Waals surface area contributed by atoms with E-state index in [9.17, 15) is 4.79 Å². The summed E-state index contributed by atoms with van der Waals surface area (Å²) in [6.07, 6.45) is 4.91. The van der Waals surface area contributed by atoms with Gasteiger partial charge in [0.15, 0.2) is 0 Å². The normalized spacial score (nSPS) is 22.6. The summed E-state index contributed by atoms with van der Waals surface area (Å²) in [5.41, 5.74) is 2.54. The molecule has 1 aliphatic heterocycles. The van der Waals surface area contributed by atoms with E-state index in [0.29, 0.717) is 5.75 Å². The second kappa shape index (κ2) is 6.96. The molecule has 1 unspecified atom stereocenters. The van der Waals surface area contributed by atoms with Crippen molar-refractivity contribution in [2.24, 2.45) is 0 Å². The molecule has 104 valence electrons. The number of hydrogen-bond acceptors (Lipinski definition) is 3. The molecule has 1 aliphatic rings. The highest BCUT2D eigenvalue weighted by atomic mass is 32.2. The molecule has 0 spiro atoms. The molecule has 2 atom stereocenters. The second-order valence-electron chi connectivity index (χ2n) is 4.97. The number of aryl methyl sites for hydroxylation is 1. The molecule has 4 heteroatoms. The van der Waals surface area contributed by atoms with Gasteiger partial charge in [-0.1, -0.05) is 44.0 Å². The monoisotopic (exact) mass is 279 g/mol. The Balaban J connectivity index is 1.90. The molecule has 0 amide bonds. The summed E-state index contributed by atoms with van der Waals surface area (Å²) in [4.78, 5) is 10.9. The number of aliphatic carboxylic acids is 1. The Kier molecular flexibility index (Phi) is 5.28. The molecule has 0 radical (unpaired) electrons. The molecule has 1 aromatic carbocycles. The van der Waals surface area contributed by atoms with Gasteiger partial charge in [0.25, 0.3) is 0 Å². The number of carboxylic acid groups (broad SMARTS) is 1. The van der Waals surface area contributed by atoms with Crippen molar-refractivity contribution in [3.63, 3.8) is 0 Å². The number of hydrogen-bond donors (Lipinski definition) is 2. The summed E-state index contributed by atoms with van der Waals surface area (Å²) in [6, 6.07) is 8.16. The maximum Gasteiger partial charge on any atom is 0.321 e. The van der Waals surface area contributed by atoms with Gasteiger partial charge in [-0.05, 0) is 24.0 Å². The Morgan fingerprint density at radius 2 is 2.11 bits per heavy atom. The molecule has 2 rings (SSSR count). The van der Waals surface area contributed by atoms with E-state index in [2.05, 4.69) is 36.5 Å². The van der Waals surface area contributed by atoms with E-state index in [1.165, 1.54) is 30.4 Å². The lowest BCUT2D eigenvalue weighted by atomic mass is 10.1. The number of carboxylic acids is 1. The van der Waals surface area contributed by atoms with Crippen LogP contribution in [0, 0.1) is 0 Å². The fourth-order valence-corrected chi connectivity index (χ4v) is 3.48. The Hall–Kier alpha value is -1.00. The summed E-state index contributed by atoms with van der Waals surface area (Å²) in [5.74, 6) is -0.121. The van der Waals surface area contributed by atoms with Crippen LogP contribution in [0.2, 0.25) is 0 Å². The lowest BCUT2D eigenvalue weighted by Gasteiger charge is -2.12. The van der Waals surface area contributed by atoms with Crippen LogP contribution in [0.5, 0.6) is 0 Å². The number of thioether (sulfide) groups is 1. The van der Waals surface area contributed by atoms with Crippen LogP contribution in [-0.4, -0.2) is 22.9 Å². The van der Waals surface area contributed by atoms with Crippen molar-refractivity contribution in [2.45, 2.75) is 44.0 Å². The number of nitrogens with one attached hydrogen (secondary N) is 1. The van der Waals surface area contributed by atoms with Crippen LogP contribution >= 0.6 is 11.8 Å². The Morgan fingerprint density at radius 3 is 2.68 bits per heavy atom. The number of rotatable bonds is 6. The molecule has 0 aromatic heterocycles. The van der Waals surface area contributed by atoms with Crippen molar-refractivity contribution in [1.82, 2.24) is 5.32 Å². The molecular formula is C15H21NO2S. The average Bonchev–Trinajstić information content (AvgIpc) is 2.90. The first-order valence-electron chi connectivity index (χ1n) is 6.90. The van der Waals surface area contributed by atoms with Crippen molar-refractivity contribution < 1.29 is 9.90 Å². The summed E-state index contributed by atoms with van der Waals surface area (Å²) in [5, 5.41) is 12.2. The van der Waals surface area contributed by atoms with Gasteiger partial charge in [-0.25, -0.2) is 0 Å². The zero-order valence-corrected chi connectivity index (χ0v) is 12.1. The van der Waals surface area contributed by atoms with E-state index in [1.807, 2.05) is 0 Å². The van der Waals surface area contributed by atoms with Crippen LogP contribution in [-0.2, 0) is 11.2 Å². The quantitative estimate of drug-likeness (QED) is 0.785. The van der Waals surface area contributed by atoms with Crippen LogP contribution in [0.15, 0.2) is 24.3 Å². The standard InChI is InChI=1S/C15H21NO2S/c1-2-3-4-5-11-6-8-12(9-7-11)14-16-13(10-19-14)15(17)18/h6-9,13-14,16H,2-5,10H2,1H3,(H,17,18)/t13-,14?/m0/s1. The van der Waals surface area contributed by atoms with Crippen molar-refractivity contribution in [2.75, 3.05) is 5.75 Å². The maximum absolute atomic E-state index is 10.9. The molecular weight excluding hydrogens is 258 g/mol. The first-order valence-corrected chi connectivity index (χ1v) is 7.95. The lowest BCUT2D eigenvalue weighted by Crippen LogP contribution is -2.33. The van der Waals surface area contributed by atoms with Crippen LogP contribution in [0.3, 0.4) is 0 Å². The first-order chi connectivity index (χ1) is 9.20. The highest BCUT2D eigenvalue weighted by Gasteiger charge is 2.30. The molecule has 0 bridgehead atoms. The summed E-state index contributed by atoms with van der Waals surface area (Å²) >= 11 is 1.67. The molecule has 19 heavy (non-hydrogen) atoms. The predicted molar refractivity (Wildman–Crippen MR) is 79.4 cm³/mol. The molecule has 1 saturated heterocycles.